The van der Waals surface area contributed by atoms with Gasteiger partial charge in [0.15, 0.2) is 0 Å². The van der Waals surface area contributed by atoms with Crippen LogP contribution in [0.5, 0.6) is 0 Å². The van der Waals surface area contributed by atoms with Crippen molar-refractivity contribution in [1.82, 2.24) is 4.90 Å². The first-order chi connectivity index (χ1) is 12.9. The Balaban J connectivity index is 1.88. The molecule has 0 radical (unpaired) electrons. The molecular formula is C22H25FN2O2. The van der Waals surface area contributed by atoms with Gasteiger partial charge in [0.1, 0.15) is 5.82 Å². The molecule has 1 heterocycles. The Morgan fingerprint density at radius 1 is 1.15 bits per heavy atom. The lowest BCUT2D eigenvalue weighted by Crippen LogP contribution is -2.53. The topological polar surface area (TPSA) is 63.4 Å². The van der Waals surface area contributed by atoms with Gasteiger partial charge in [-0.25, -0.2) is 4.39 Å². The van der Waals surface area contributed by atoms with E-state index in [4.69, 9.17) is 5.73 Å². The van der Waals surface area contributed by atoms with Gasteiger partial charge in [0.25, 0.3) is 0 Å². The van der Waals surface area contributed by atoms with E-state index >= 15 is 0 Å². The second kappa shape index (κ2) is 7.91. The van der Waals surface area contributed by atoms with Crippen molar-refractivity contribution in [3.05, 3.63) is 59.9 Å². The first-order valence-electron chi connectivity index (χ1n) is 9.36. The number of carbonyl (C=O) groups is 2. The SMILES string of the molecule is CCC(=O)N1CCC[C@@](Cc2cccc(-c3cccc(F)c3)c2)(C(N)=O)C1. The quantitative estimate of drug-likeness (QED) is 0.877. The third-order valence-electron chi connectivity index (χ3n) is 5.38. The number of carbonyl (C=O) groups excluding carboxylic acids is 2. The van der Waals surface area contributed by atoms with E-state index in [2.05, 4.69) is 0 Å². The Bertz CT molecular complexity index is 852. The number of nitrogens with zero attached hydrogens (tertiary/aromatic N) is 1. The van der Waals surface area contributed by atoms with Crippen LogP contribution in [0.4, 0.5) is 4.39 Å². The fourth-order valence-electron chi connectivity index (χ4n) is 3.92. The van der Waals surface area contributed by atoms with Crippen molar-refractivity contribution in [2.45, 2.75) is 32.6 Å². The molecule has 4 nitrogen and oxygen atoms in total. The van der Waals surface area contributed by atoms with Crippen LogP contribution in [0.15, 0.2) is 48.5 Å². The number of hydrogen-bond acceptors (Lipinski definition) is 2. The maximum atomic E-state index is 13.5. The van der Waals surface area contributed by atoms with Gasteiger partial charge in [-0.05, 0) is 48.1 Å². The van der Waals surface area contributed by atoms with Crippen molar-refractivity contribution in [3.8, 4) is 11.1 Å². The second-order valence-corrected chi connectivity index (χ2v) is 7.30. The number of hydrogen-bond donors (Lipinski definition) is 1. The van der Waals surface area contributed by atoms with Crippen LogP contribution < -0.4 is 5.73 Å². The molecule has 142 valence electrons. The summed E-state index contributed by atoms with van der Waals surface area (Å²) in [6.45, 7) is 2.86. The normalized spacial score (nSPS) is 19.7. The van der Waals surface area contributed by atoms with E-state index < -0.39 is 5.41 Å². The molecule has 0 bridgehead atoms. The number of primary amides is 1. The molecule has 0 saturated carbocycles. The smallest absolute Gasteiger partial charge is 0.225 e. The third kappa shape index (κ3) is 4.18. The lowest BCUT2D eigenvalue weighted by atomic mass is 9.74. The molecule has 1 saturated heterocycles. The van der Waals surface area contributed by atoms with Crippen LogP contribution >= 0.6 is 0 Å². The van der Waals surface area contributed by atoms with Gasteiger partial charge in [-0.1, -0.05) is 43.3 Å². The average molecular weight is 368 g/mol. The van der Waals surface area contributed by atoms with E-state index in [1.54, 1.807) is 11.0 Å². The van der Waals surface area contributed by atoms with Gasteiger partial charge in [0, 0.05) is 19.5 Å². The highest BCUT2D eigenvalue weighted by Crippen LogP contribution is 2.35. The Labute approximate surface area is 159 Å². The molecule has 0 unspecified atom stereocenters. The highest BCUT2D eigenvalue weighted by Gasteiger charge is 2.41. The molecule has 3 rings (SSSR count). The molecule has 1 atom stereocenters. The van der Waals surface area contributed by atoms with Crippen molar-refractivity contribution in [3.63, 3.8) is 0 Å². The lowest BCUT2D eigenvalue weighted by molar-refractivity contribution is -0.139. The number of rotatable bonds is 5. The molecule has 0 aromatic heterocycles. The number of likely N-dealkylation sites (tertiary alicyclic amines) is 1. The summed E-state index contributed by atoms with van der Waals surface area (Å²) in [5, 5.41) is 0. The van der Waals surface area contributed by atoms with Gasteiger partial charge in [0.2, 0.25) is 11.8 Å². The minimum absolute atomic E-state index is 0.0498. The zero-order valence-electron chi connectivity index (χ0n) is 15.6. The number of nitrogens with two attached hydrogens (primary N) is 1. The number of amides is 2. The van der Waals surface area contributed by atoms with E-state index in [1.807, 2.05) is 37.3 Å². The first kappa shape index (κ1) is 19.1. The van der Waals surface area contributed by atoms with Gasteiger partial charge in [-0.15, -0.1) is 0 Å². The summed E-state index contributed by atoms with van der Waals surface area (Å²) in [6, 6.07) is 14.2. The van der Waals surface area contributed by atoms with Crippen molar-refractivity contribution in [1.29, 1.82) is 0 Å². The molecule has 0 spiro atoms. The molecule has 5 heteroatoms. The van der Waals surface area contributed by atoms with E-state index in [-0.39, 0.29) is 17.6 Å². The Morgan fingerprint density at radius 3 is 2.52 bits per heavy atom. The predicted molar refractivity (Wildman–Crippen MR) is 103 cm³/mol. The standard InChI is InChI=1S/C22H25FN2O2/c1-2-20(26)25-11-5-10-22(15-25,21(24)27)14-16-6-3-7-17(12-16)18-8-4-9-19(23)13-18/h3-4,6-9,12-13H,2,5,10-11,14-15H2,1H3,(H2,24,27)/t22-/m0/s1. The molecule has 0 aliphatic carbocycles. The summed E-state index contributed by atoms with van der Waals surface area (Å²) in [4.78, 5) is 26.3. The van der Waals surface area contributed by atoms with Gasteiger partial charge in [-0.2, -0.15) is 0 Å². The van der Waals surface area contributed by atoms with E-state index in [1.165, 1.54) is 12.1 Å². The van der Waals surface area contributed by atoms with E-state index in [9.17, 15) is 14.0 Å². The van der Waals surface area contributed by atoms with E-state index in [0.717, 1.165) is 23.1 Å². The molecule has 2 N–H and O–H groups in total. The molecular weight excluding hydrogens is 343 g/mol. The minimum Gasteiger partial charge on any atom is -0.369 e. The van der Waals surface area contributed by atoms with Crippen LogP contribution in [-0.4, -0.2) is 29.8 Å². The van der Waals surface area contributed by atoms with Gasteiger partial charge >= 0.3 is 0 Å². The third-order valence-corrected chi connectivity index (χ3v) is 5.38. The molecule has 27 heavy (non-hydrogen) atoms. The fraction of sp³-hybridized carbons (Fsp3) is 0.364. The van der Waals surface area contributed by atoms with Crippen molar-refractivity contribution in [2.24, 2.45) is 11.1 Å². The maximum absolute atomic E-state index is 13.5. The maximum Gasteiger partial charge on any atom is 0.225 e. The van der Waals surface area contributed by atoms with Crippen LogP contribution in [0.25, 0.3) is 11.1 Å². The zero-order chi connectivity index (χ0) is 19.4. The summed E-state index contributed by atoms with van der Waals surface area (Å²) in [7, 11) is 0. The largest absolute Gasteiger partial charge is 0.369 e. The molecule has 2 aromatic carbocycles. The molecule has 1 aliphatic heterocycles. The van der Waals surface area contributed by atoms with Crippen LogP contribution in [0.2, 0.25) is 0 Å². The van der Waals surface area contributed by atoms with Crippen molar-refractivity contribution in [2.75, 3.05) is 13.1 Å². The summed E-state index contributed by atoms with van der Waals surface area (Å²) >= 11 is 0. The monoisotopic (exact) mass is 368 g/mol. The number of halogens is 1. The van der Waals surface area contributed by atoms with Crippen LogP contribution in [0.1, 0.15) is 31.7 Å². The average Bonchev–Trinajstić information content (AvgIpc) is 2.67. The highest BCUT2D eigenvalue weighted by atomic mass is 19.1. The van der Waals surface area contributed by atoms with Crippen LogP contribution in [-0.2, 0) is 16.0 Å². The van der Waals surface area contributed by atoms with Crippen LogP contribution in [0, 0.1) is 11.2 Å². The minimum atomic E-state index is -0.760. The van der Waals surface area contributed by atoms with Crippen molar-refractivity contribution < 1.29 is 14.0 Å². The summed E-state index contributed by atoms with van der Waals surface area (Å²) < 4.78 is 13.5. The van der Waals surface area contributed by atoms with Gasteiger partial charge in [-0.3, -0.25) is 9.59 Å². The molecule has 1 aliphatic rings. The van der Waals surface area contributed by atoms with Gasteiger partial charge < -0.3 is 10.6 Å². The Kier molecular flexibility index (Phi) is 5.59. The van der Waals surface area contributed by atoms with Crippen molar-refractivity contribution >= 4 is 11.8 Å². The molecule has 2 aromatic rings. The summed E-state index contributed by atoms with van der Waals surface area (Å²) in [6.07, 6.45) is 2.32. The summed E-state index contributed by atoms with van der Waals surface area (Å²) in [5.74, 6) is -0.603. The first-order valence-corrected chi connectivity index (χ1v) is 9.36. The highest BCUT2D eigenvalue weighted by molar-refractivity contribution is 5.83. The van der Waals surface area contributed by atoms with Gasteiger partial charge in [0.05, 0.1) is 5.41 Å². The fourth-order valence-corrected chi connectivity index (χ4v) is 3.92. The zero-order valence-corrected chi connectivity index (χ0v) is 15.6. The Hall–Kier alpha value is -2.69. The summed E-state index contributed by atoms with van der Waals surface area (Å²) in [5.41, 5.74) is 7.68. The Morgan fingerprint density at radius 2 is 1.85 bits per heavy atom. The molecule has 1 fully saturated rings. The lowest BCUT2D eigenvalue weighted by Gasteiger charge is -2.41. The van der Waals surface area contributed by atoms with E-state index in [0.29, 0.717) is 32.4 Å². The van der Waals surface area contributed by atoms with Crippen LogP contribution in [0.3, 0.4) is 0 Å². The predicted octanol–water partition coefficient (Wildman–Crippen LogP) is 3.54. The molecule has 2 amide bonds. The number of piperidine rings is 1. The number of benzene rings is 2. The second-order valence-electron chi connectivity index (χ2n) is 7.30.